The number of nitrogens with two attached hydrogens (primary N) is 1. The molecule has 0 aliphatic carbocycles. The molecule has 2 aromatic rings. The van der Waals surface area contributed by atoms with Crippen LogP contribution in [0.3, 0.4) is 0 Å². The molecule has 0 saturated heterocycles. The van der Waals surface area contributed by atoms with Crippen molar-refractivity contribution in [1.82, 2.24) is 4.98 Å². The number of aliphatic carboxylic acids is 1. The van der Waals surface area contributed by atoms with Gasteiger partial charge in [-0.05, 0) is 12.5 Å². The van der Waals surface area contributed by atoms with Gasteiger partial charge in [-0.25, -0.2) is 0 Å². The monoisotopic (exact) mass is 287 g/mol. The summed E-state index contributed by atoms with van der Waals surface area (Å²) in [5.41, 5.74) is 6.88. The van der Waals surface area contributed by atoms with Gasteiger partial charge in [-0.3, -0.25) is 14.6 Å². The minimum Gasteiger partial charge on any atom is -0.481 e. The molecule has 6 nitrogen and oxygen atoms in total. The predicted molar refractivity (Wildman–Crippen MR) is 80.2 cm³/mol. The summed E-state index contributed by atoms with van der Waals surface area (Å²) in [6.45, 7) is 2.03. The molecule has 0 radical (unpaired) electrons. The highest BCUT2D eigenvalue weighted by Gasteiger charge is 2.18. The van der Waals surface area contributed by atoms with Crippen LogP contribution in [0, 0.1) is 5.92 Å². The highest BCUT2D eigenvalue weighted by atomic mass is 16.4. The minimum atomic E-state index is -0.871. The van der Waals surface area contributed by atoms with Crippen molar-refractivity contribution in [2.45, 2.75) is 13.3 Å². The average molecular weight is 287 g/mol. The molecule has 0 fully saturated rings. The van der Waals surface area contributed by atoms with E-state index in [4.69, 9.17) is 10.8 Å². The summed E-state index contributed by atoms with van der Waals surface area (Å²) in [6, 6.07) is 7.31. The largest absolute Gasteiger partial charge is 0.481 e. The summed E-state index contributed by atoms with van der Waals surface area (Å²) in [5.74, 6) is -2.00. The quantitative estimate of drug-likeness (QED) is 0.752. The Hall–Kier alpha value is -2.63. The van der Waals surface area contributed by atoms with Gasteiger partial charge in [0.1, 0.15) is 0 Å². The van der Waals surface area contributed by atoms with Gasteiger partial charge in [-0.1, -0.05) is 25.1 Å². The van der Waals surface area contributed by atoms with Crippen LogP contribution >= 0.6 is 0 Å². The van der Waals surface area contributed by atoms with Crippen LogP contribution < -0.4 is 11.1 Å². The maximum Gasteiger partial charge on any atom is 0.308 e. The van der Waals surface area contributed by atoms with Gasteiger partial charge < -0.3 is 16.2 Å². The Morgan fingerprint density at radius 2 is 2.10 bits per heavy atom. The molecule has 1 unspecified atom stereocenters. The maximum atomic E-state index is 11.5. The van der Waals surface area contributed by atoms with Crippen molar-refractivity contribution in [2.75, 3.05) is 11.9 Å². The van der Waals surface area contributed by atoms with Gasteiger partial charge in [0.25, 0.3) is 5.91 Å². The first-order chi connectivity index (χ1) is 10.0. The van der Waals surface area contributed by atoms with E-state index in [9.17, 15) is 9.59 Å². The second kappa shape index (κ2) is 6.21. The molecule has 1 atom stereocenters. The van der Waals surface area contributed by atoms with Gasteiger partial charge >= 0.3 is 5.97 Å². The molecule has 21 heavy (non-hydrogen) atoms. The lowest BCUT2D eigenvalue weighted by Crippen LogP contribution is -2.24. The Kier molecular flexibility index (Phi) is 4.37. The first-order valence-corrected chi connectivity index (χ1v) is 6.68. The van der Waals surface area contributed by atoms with Crippen molar-refractivity contribution in [3.63, 3.8) is 0 Å². The van der Waals surface area contributed by atoms with Crippen LogP contribution in [0.2, 0.25) is 0 Å². The number of rotatable bonds is 6. The summed E-state index contributed by atoms with van der Waals surface area (Å²) in [5, 5.41) is 12.9. The molecule has 1 amide bonds. The molecule has 0 saturated carbocycles. The molecule has 6 heteroatoms. The second-order valence-corrected chi connectivity index (χ2v) is 4.75. The highest BCUT2D eigenvalue weighted by molar-refractivity contribution is 6.06. The highest BCUT2D eigenvalue weighted by Crippen LogP contribution is 2.26. The molecule has 1 heterocycles. The summed E-state index contributed by atoms with van der Waals surface area (Å²) in [4.78, 5) is 26.8. The van der Waals surface area contributed by atoms with Crippen LogP contribution in [0.4, 0.5) is 5.69 Å². The molecular formula is C15H17N3O3. The Balaban J connectivity index is 2.42. The number of aromatic nitrogens is 1. The number of hydrogen-bond donors (Lipinski definition) is 3. The molecule has 4 N–H and O–H groups in total. The first kappa shape index (κ1) is 14.8. The molecular weight excluding hydrogens is 270 g/mol. The number of nitrogens with zero attached hydrogens (tertiary/aromatic N) is 1. The standard InChI is InChI=1S/C15H17N3O3/c1-2-9(15(20)21)7-18-13-10-5-3-4-6-12(10)17-8-11(13)14(16)19/h3-6,8-9H,2,7H2,1H3,(H2,16,19)(H,17,18)(H,20,21). The van der Waals surface area contributed by atoms with Crippen LogP contribution in [-0.2, 0) is 4.79 Å². The van der Waals surface area contributed by atoms with E-state index in [1.165, 1.54) is 6.20 Å². The van der Waals surface area contributed by atoms with Gasteiger partial charge in [0.05, 0.1) is 22.7 Å². The van der Waals surface area contributed by atoms with Gasteiger partial charge in [0.15, 0.2) is 0 Å². The zero-order chi connectivity index (χ0) is 15.4. The SMILES string of the molecule is CCC(CNc1c(C(N)=O)cnc2ccccc12)C(=O)O. The Morgan fingerprint density at radius 3 is 2.71 bits per heavy atom. The number of primary amides is 1. The van der Waals surface area contributed by atoms with E-state index in [1.54, 1.807) is 6.92 Å². The van der Waals surface area contributed by atoms with Gasteiger partial charge in [-0.15, -0.1) is 0 Å². The molecule has 1 aromatic heterocycles. The van der Waals surface area contributed by atoms with Crippen LogP contribution in [0.5, 0.6) is 0 Å². The first-order valence-electron chi connectivity index (χ1n) is 6.68. The lowest BCUT2D eigenvalue weighted by Gasteiger charge is -2.16. The lowest BCUT2D eigenvalue weighted by molar-refractivity contribution is -0.141. The van der Waals surface area contributed by atoms with E-state index in [2.05, 4.69) is 10.3 Å². The Labute approximate surface area is 122 Å². The van der Waals surface area contributed by atoms with Crippen molar-refractivity contribution in [3.8, 4) is 0 Å². The number of carboxylic acid groups (broad SMARTS) is 1. The van der Waals surface area contributed by atoms with Crippen molar-refractivity contribution < 1.29 is 14.7 Å². The smallest absolute Gasteiger partial charge is 0.308 e. The molecule has 0 aliphatic rings. The third-order valence-electron chi connectivity index (χ3n) is 3.41. The molecule has 0 aliphatic heterocycles. The third-order valence-corrected chi connectivity index (χ3v) is 3.41. The summed E-state index contributed by atoms with van der Waals surface area (Å²) in [6.07, 6.45) is 1.91. The Bertz CT molecular complexity index is 685. The van der Waals surface area contributed by atoms with Gasteiger partial charge in [0, 0.05) is 18.1 Å². The average Bonchev–Trinajstić information content (AvgIpc) is 2.47. The van der Waals surface area contributed by atoms with Crippen LogP contribution in [0.1, 0.15) is 23.7 Å². The van der Waals surface area contributed by atoms with Crippen LogP contribution in [-0.4, -0.2) is 28.5 Å². The number of amides is 1. The van der Waals surface area contributed by atoms with E-state index < -0.39 is 17.8 Å². The summed E-state index contributed by atoms with van der Waals surface area (Å²) < 4.78 is 0. The third kappa shape index (κ3) is 3.10. The van der Waals surface area contributed by atoms with E-state index in [0.717, 1.165) is 5.39 Å². The Morgan fingerprint density at radius 1 is 1.38 bits per heavy atom. The van der Waals surface area contributed by atoms with Crippen LogP contribution in [0.25, 0.3) is 10.9 Å². The number of fused-ring (bicyclic) bond motifs is 1. The fourth-order valence-corrected chi connectivity index (χ4v) is 2.15. The topological polar surface area (TPSA) is 105 Å². The van der Waals surface area contributed by atoms with Gasteiger partial charge in [0.2, 0.25) is 0 Å². The fourth-order valence-electron chi connectivity index (χ4n) is 2.15. The zero-order valence-corrected chi connectivity index (χ0v) is 11.7. The van der Waals surface area contributed by atoms with Crippen LogP contribution in [0.15, 0.2) is 30.5 Å². The number of carbonyl (C=O) groups excluding carboxylic acids is 1. The van der Waals surface area contributed by atoms with Crippen molar-refractivity contribution in [1.29, 1.82) is 0 Å². The molecule has 2 rings (SSSR count). The van der Waals surface area contributed by atoms with Crippen molar-refractivity contribution in [2.24, 2.45) is 11.7 Å². The summed E-state index contributed by atoms with van der Waals surface area (Å²) >= 11 is 0. The minimum absolute atomic E-state index is 0.222. The molecule has 1 aromatic carbocycles. The predicted octanol–water partition coefficient (Wildman–Crippen LogP) is 1.86. The molecule has 0 bridgehead atoms. The number of nitrogens with one attached hydrogen (secondary N) is 1. The van der Waals surface area contributed by atoms with E-state index >= 15 is 0 Å². The number of pyridine rings is 1. The van der Waals surface area contributed by atoms with E-state index in [-0.39, 0.29) is 12.1 Å². The van der Waals surface area contributed by atoms with Gasteiger partial charge in [-0.2, -0.15) is 0 Å². The zero-order valence-electron chi connectivity index (χ0n) is 11.7. The maximum absolute atomic E-state index is 11.5. The summed E-state index contributed by atoms with van der Waals surface area (Å²) in [7, 11) is 0. The number of hydrogen-bond acceptors (Lipinski definition) is 4. The van der Waals surface area contributed by atoms with Crippen molar-refractivity contribution in [3.05, 3.63) is 36.0 Å². The lowest BCUT2D eigenvalue weighted by atomic mass is 10.1. The number of anilines is 1. The molecule has 0 spiro atoms. The number of carboxylic acids is 1. The molecule has 110 valence electrons. The van der Waals surface area contributed by atoms with Crippen molar-refractivity contribution >= 4 is 28.5 Å². The van der Waals surface area contributed by atoms with E-state index in [1.807, 2.05) is 24.3 Å². The van der Waals surface area contributed by atoms with E-state index in [0.29, 0.717) is 17.6 Å². The number of carbonyl (C=O) groups is 2. The normalized spacial score (nSPS) is 12.0. The number of para-hydroxylation sites is 1. The second-order valence-electron chi connectivity index (χ2n) is 4.75. The number of benzene rings is 1. The fraction of sp³-hybridized carbons (Fsp3) is 0.267.